The quantitative estimate of drug-likeness (QED) is 0.550. The summed E-state index contributed by atoms with van der Waals surface area (Å²) in [5.74, 6) is 4.09. The molecular formula is C10H10N2O2. The zero-order valence-electron chi connectivity index (χ0n) is 7.54. The summed E-state index contributed by atoms with van der Waals surface area (Å²) in [6.45, 7) is 0. The van der Waals surface area contributed by atoms with Crippen molar-refractivity contribution in [2.24, 2.45) is 0 Å². The molecule has 4 heteroatoms. The fraction of sp³-hybridized carbons (Fsp3) is 0.400. The number of terminal acetylenes is 2. The van der Waals surface area contributed by atoms with Crippen LogP contribution in [0.2, 0.25) is 0 Å². The van der Waals surface area contributed by atoms with Gasteiger partial charge in [-0.3, -0.25) is 9.59 Å². The second-order valence-corrected chi connectivity index (χ2v) is 2.94. The van der Waals surface area contributed by atoms with Crippen LogP contribution in [0.4, 0.5) is 0 Å². The van der Waals surface area contributed by atoms with Gasteiger partial charge in [0.25, 0.3) is 0 Å². The molecule has 0 aliphatic carbocycles. The van der Waals surface area contributed by atoms with E-state index in [-0.39, 0.29) is 24.7 Å². The molecular weight excluding hydrogens is 180 g/mol. The van der Waals surface area contributed by atoms with E-state index < -0.39 is 12.1 Å². The van der Waals surface area contributed by atoms with Crippen LogP contribution in [0.3, 0.4) is 0 Å². The van der Waals surface area contributed by atoms with Gasteiger partial charge in [0.1, 0.15) is 12.1 Å². The van der Waals surface area contributed by atoms with Gasteiger partial charge < -0.3 is 10.6 Å². The van der Waals surface area contributed by atoms with Crippen molar-refractivity contribution in [3.05, 3.63) is 0 Å². The summed E-state index contributed by atoms with van der Waals surface area (Å²) in [4.78, 5) is 22.7. The van der Waals surface area contributed by atoms with Crippen molar-refractivity contribution in [2.45, 2.75) is 24.9 Å². The Hall–Kier alpha value is -1.94. The van der Waals surface area contributed by atoms with Gasteiger partial charge >= 0.3 is 0 Å². The highest BCUT2D eigenvalue weighted by atomic mass is 16.2. The van der Waals surface area contributed by atoms with E-state index in [1.807, 2.05) is 0 Å². The first-order chi connectivity index (χ1) is 6.69. The summed E-state index contributed by atoms with van der Waals surface area (Å²) >= 11 is 0. The van der Waals surface area contributed by atoms with Gasteiger partial charge in [-0.1, -0.05) is 0 Å². The second kappa shape index (κ2) is 4.34. The van der Waals surface area contributed by atoms with Crippen molar-refractivity contribution in [1.29, 1.82) is 0 Å². The molecule has 1 heterocycles. The lowest BCUT2D eigenvalue weighted by molar-refractivity contribution is -0.136. The van der Waals surface area contributed by atoms with E-state index in [1.54, 1.807) is 0 Å². The first-order valence-corrected chi connectivity index (χ1v) is 4.16. The molecule has 0 aromatic heterocycles. The molecule has 14 heavy (non-hydrogen) atoms. The van der Waals surface area contributed by atoms with Crippen LogP contribution >= 0.6 is 0 Å². The number of rotatable bonds is 2. The Morgan fingerprint density at radius 1 is 1.00 bits per heavy atom. The monoisotopic (exact) mass is 190 g/mol. The topological polar surface area (TPSA) is 58.2 Å². The number of hydrogen-bond donors (Lipinski definition) is 2. The third-order valence-electron chi connectivity index (χ3n) is 1.91. The Kier molecular flexibility index (Phi) is 3.14. The van der Waals surface area contributed by atoms with E-state index in [0.29, 0.717) is 0 Å². The summed E-state index contributed by atoms with van der Waals surface area (Å²) in [5, 5.41) is 5.03. The van der Waals surface area contributed by atoms with Crippen LogP contribution in [0.25, 0.3) is 0 Å². The Labute approximate surface area is 82.4 Å². The fourth-order valence-corrected chi connectivity index (χ4v) is 1.20. The maximum Gasteiger partial charge on any atom is 0.244 e. The van der Waals surface area contributed by atoms with Crippen LogP contribution in [0.15, 0.2) is 0 Å². The van der Waals surface area contributed by atoms with Crippen LogP contribution in [0, 0.1) is 24.7 Å². The number of piperazine rings is 1. The highest BCUT2D eigenvalue weighted by Crippen LogP contribution is 2.02. The second-order valence-electron chi connectivity index (χ2n) is 2.94. The summed E-state index contributed by atoms with van der Waals surface area (Å²) in [6, 6.07) is -1.25. The average Bonchev–Trinajstić information content (AvgIpc) is 2.14. The minimum atomic E-state index is -0.624. The van der Waals surface area contributed by atoms with Gasteiger partial charge in [-0.05, 0) is 0 Å². The van der Waals surface area contributed by atoms with Crippen molar-refractivity contribution in [3.8, 4) is 24.7 Å². The average molecular weight is 190 g/mol. The van der Waals surface area contributed by atoms with E-state index in [9.17, 15) is 9.59 Å². The molecule has 0 bridgehead atoms. The fourth-order valence-electron chi connectivity index (χ4n) is 1.20. The molecule has 1 rings (SSSR count). The molecule has 1 aliphatic heterocycles. The van der Waals surface area contributed by atoms with Crippen LogP contribution in [-0.4, -0.2) is 23.9 Å². The third-order valence-corrected chi connectivity index (χ3v) is 1.91. The lowest BCUT2D eigenvalue weighted by Crippen LogP contribution is -2.61. The highest BCUT2D eigenvalue weighted by Gasteiger charge is 2.32. The minimum absolute atomic E-state index is 0.195. The van der Waals surface area contributed by atoms with Crippen molar-refractivity contribution in [2.75, 3.05) is 0 Å². The predicted octanol–water partition coefficient (Wildman–Crippen LogP) is -0.984. The zero-order chi connectivity index (χ0) is 10.6. The lowest BCUT2D eigenvalue weighted by Gasteiger charge is -2.27. The normalized spacial score (nSPS) is 25.6. The third kappa shape index (κ3) is 2.05. The summed E-state index contributed by atoms with van der Waals surface area (Å²) in [6.07, 6.45) is 10.5. The summed E-state index contributed by atoms with van der Waals surface area (Å²) in [5.41, 5.74) is 0. The maximum atomic E-state index is 11.3. The Balaban J connectivity index is 2.64. The Bertz CT molecular complexity index is 301. The summed E-state index contributed by atoms with van der Waals surface area (Å²) in [7, 11) is 0. The molecule has 0 radical (unpaired) electrons. The molecule has 1 fully saturated rings. The van der Waals surface area contributed by atoms with Gasteiger partial charge in [-0.25, -0.2) is 0 Å². The molecule has 72 valence electrons. The highest BCUT2D eigenvalue weighted by molar-refractivity contribution is 5.97. The van der Waals surface area contributed by atoms with Crippen LogP contribution < -0.4 is 10.6 Å². The number of carbonyl (C=O) groups excluding carboxylic acids is 2. The number of carbonyl (C=O) groups is 2. The van der Waals surface area contributed by atoms with E-state index in [0.717, 1.165) is 0 Å². The zero-order valence-corrected chi connectivity index (χ0v) is 7.54. The first kappa shape index (κ1) is 10.1. The summed E-state index contributed by atoms with van der Waals surface area (Å²) < 4.78 is 0. The number of amides is 2. The largest absolute Gasteiger partial charge is 0.342 e. The first-order valence-electron chi connectivity index (χ1n) is 4.16. The van der Waals surface area contributed by atoms with Crippen LogP contribution in [0.1, 0.15) is 12.8 Å². The molecule has 2 unspecified atom stereocenters. The van der Waals surface area contributed by atoms with E-state index >= 15 is 0 Å². The van der Waals surface area contributed by atoms with E-state index in [1.165, 1.54) is 0 Å². The number of nitrogens with one attached hydrogen (secondary N) is 2. The Morgan fingerprint density at radius 3 is 1.64 bits per heavy atom. The van der Waals surface area contributed by atoms with Crippen LogP contribution in [0.5, 0.6) is 0 Å². The Morgan fingerprint density at radius 2 is 1.36 bits per heavy atom. The van der Waals surface area contributed by atoms with Crippen molar-refractivity contribution >= 4 is 11.8 Å². The molecule has 2 atom stereocenters. The minimum Gasteiger partial charge on any atom is -0.342 e. The van der Waals surface area contributed by atoms with Crippen molar-refractivity contribution in [3.63, 3.8) is 0 Å². The van der Waals surface area contributed by atoms with Gasteiger partial charge in [0.05, 0.1) is 0 Å². The smallest absolute Gasteiger partial charge is 0.244 e. The van der Waals surface area contributed by atoms with Crippen molar-refractivity contribution < 1.29 is 9.59 Å². The van der Waals surface area contributed by atoms with Gasteiger partial charge in [0.15, 0.2) is 0 Å². The SMILES string of the molecule is C#CCC1NC(=O)C(CC#C)NC1=O. The molecule has 0 aromatic carbocycles. The molecule has 2 amide bonds. The predicted molar refractivity (Wildman–Crippen MR) is 50.8 cm³/mol. The van der Waals surface area contributed by atoms with E-state index in [2.05, 4.69) is 22.5 Å². The standard InChI is InChI=1S/C10H10N2O2/c1-3-5-7-9(13)12-8(6-4-2)10(14)11-7/h1-2,7-8H,5-6H2,(H,11,14)(H,12,13). The molecule has 4 nitrogen and oxygen atoms in total. The van der Waals surface area contributed by atoms with Crippen molar-refractivity contribution in [1.82, 2.24) is 10.6 Å². The lowest BCUT2D eigenvalue weighted by atomic mass is 10.1. The molecule has 1 saturated heterocycles. The molecule has 0 saturated carbocycles. The van der Waals surface area contributed by atoms with Crippen LogP contribution in [-0.2, 0) is 9.59 Å². The molecule has 1 aliphatic rings. The molecule has 0 aromatic rings. The van der Waals surface area contributed by atoms with Gasteiger partial charge in [0, 0.05) is 12.8 Å². The van der Waals surface area contributed by atoms with Gasteiger partial charge in [0.2, 0.25) is 11.8 Å². The molecule has 2 N–H and O–H groups in total. The van der Waals surface area contributed by atoms with Gasteiger partial charge in [-0.15, -0.1) is 24.7 Å². The van der Waals surface area contributed by atoms with E-state index in [4.69, 9.17) is 12.8 Å². The molecule has 0 spiro atoms. The van der Waals surface area contributed by atoms with Gasteiger partial charge in [-0.2, -0.15) is 0 Å². The maximum absolute atomic E-state index is 11.3. The number of hydrogen-bond acceptors (Lipinski definition) is 2.